The summed E-state index contributed by atoms with van der Waals surface area (Å²) in [6.07, 6.45) is 0. The molecule has 4 rings (SSSR count). The van der Waals surface area contributed by atoms with Crippen molar-refractivity contribution in [3.05, 3.63) is 77.2 Å². The molecule has 0 saturated heterocycles. The summed E-state index contributed by atoms with van der Waals surface area (Å²) in [6, 6.07) is 17.0. The summed E-state index contributed by atoms with van der Waals surface area (Å²) in [5.41, 5.74) is 4.89. The van der Waals surface area contributed by atoms with E-state index in [9.17, 15) is 4.79 Å². The van der Waals surface area contributed by atoms with Gasteiger partial charge in [-0.2, -0.15) is 4.68 Å². The molecular formula is C25H27N7O2. The second-order valence-corrected chi connectivity index (χ2v) is 8.43. The Kier molecular flexibility index (Phi) is 6.62. The van der Waals surface area contributed by atoms with Crippen molar-refractivity contribution >= 4 is 5.91 Å². The molecule has 0 aliphatic carbocycles. The standard InChI is InChI=1S/C25H27N7O2/c1-15(2)24-29-30-31-32(24)21-13-19(18-8-6-16(3)7-9-18)12-20(14-21)25(33)26-17(4)22-10-11-23(34-5)28-27-22/h6-15,17H,1-5H3,(H,26,33)/t17-/m0/s1. The molecule has 2 heterocycles. The quantitative estimate of drug-likeness (QED) is 0.446. The summed E-state index contributed by atoms with van der Waals surface area (Å²) < 4.78 is 6.74. The number of tetrazole rings is 1. The number of carbonyl (C=O) groups is 1. The molecule has 0 saturated carbocycles. The molecule has 4 aromatic rings. The maximum Gasteiger partial charge on any atom is 0.251 e. The van der Waals surface area contributed by atoms with Crippen LogP contribution in [0.4, 0.5) is 0 Å². The van der Waals surface area contributed by atoms with Crippen LogP contribution in [0.1, 0.15) is 60.2 Å². The number of nitrogens with one attached hydrogen (secondary N) is 1. The van der Waals surface area contributed by atoms with E-state index in [0.29, 0.717) is 28.6 Å². The number of aryl methyl sites for hydroxylation is 1. The summed E-state index contributed by atoms with van der Waals surface area (Å²) >= 11 is 0. The lowest BCUT2D eigenvalue weighted by Gasteiger charge is -2.15. The summed E-state index contributed by atoms with van der Waals surface area (Å²) in [5.74, 6) is 1.01. The molecule has 1 N–H and O–H groups in total. The first kappa shape index (κ1) is 23.0. The first-order valence-corrected chi connectivity index (χ1v) is 11.0. The Morgan fingerprint density at radius 3 is 2.35 bits per heavy atom. The third-order valence-corrected chi connectivity index (χ3v) is 5.48. The zero-order valence-electron chi connectivity index (χ0n) is 19.9. The van der Waals surface area contributed by atoms with Crippen LogP contribution in [0.5, 0.6) is 5.88 Å². The third kappa shape index (κ3) is 4.93. The van der Waals surface area contributed by atoms with Crippen LogP contribution in [0.25, 0.3) is 16.8 Å². The SMILES string of the molecule is COc1ccc([C@H](C)NC(=O)c2cc(-c3ccc(C)cc3)cc(-n3nnnc3C(C)C)c2)nn1. The van der Waals surface area contributed by atoms with Crippen molar-refractivity contribution in [1.82, 2.24) is 35.7 Å². The first-order valence-electron chi connectivity index (χ1n) is 11.0. The third-order valence-electron chi connectivity index (χ3n) is 5.48. The van der Waals surface area contributed by atoms with Crippen LogP contribution in [-0.2, 0) is 0 Å². The van der Waals surface area contributed by atoms with Crippen molar-refractivity contribution in [1.29, 1.82) is 0 Å². The van der Waals surface area contributed by atoms with E-state index in [0.717, 1.165) is 16.7 Å². The Bertz CT molecular complexity index is 1280. The lowest BCUT2D eigenvalue weighted by molar-refractivity contribution is 0.0939. The van der Waals surface area contributed by atoms with Gasteiger partial charge in [0.1, 0.15) is 0 Å². The lowest BCUT2D eigenvalue weighted by atomic mass is 10.00. The lowest BCUT2D eigenvalue weighted by Crippen LogP contribution is -2.27. The van der Waals surface area contributed by atoms with Crippen molar-refractivity contribution in [2.45, 2.75) is 39.7 Å². The maximum absolute atomic E-state index is 13.3. The highest BCUT2D eigenvalue weighted by atomic mass is 16.5. The molecule has 0 bridgehead atoms. The van der Waals surface area contributed by atoms with Crippen molar-refractivity contribution in [3.63, 3.8) is 0 Å². The van der Waals surface area contributed by atoms with Gasteiger partial charge in [-0.3, -0.25) is 4.79 Å². The average molecular weight is 458 g/mol. The normalized spacial score (nSPS) is 11.9. The molecule has 34 heavy (non-hydrogen) atoms. The van der Waals surface area contributed by atoms with E-state index < -0.39 is 0 Å². The average Bonchev–Trinajstić information content (AvgIpc) is 3.35. The van der Waals surface area contributed by atoms with Gasteiger partial charge in [0.05, 0.1) is 24.5 Å². The second-order valence-electron chi connectivity index (χ2n) is 8.43. The van der Waals surface area contributed by atoms with Crippen LogP contribution >= 0.6 is 0 Å². The molecule has 1 atom stereocenters. The molecule has 9 heteroatoms. The predicted octanol–water partition coefficient (Wildman–Crippen LogP) is 4.05. The predicted molar refractivity (Wildman–Crippen MR) is 128 cm³/mol. The molecule has 1 amide bonds. The van der Waals surface area contributed by atoms with Crippen molar-refractivity contribution in [3.8, 4) is 22.7 Å². The topological polar surface area (TPSA) is 108 Å². The van der Waals surface area contributed by atoms with Gasteiger partial charge in [-0.15, -0.1) is 15.3 Å². The highest BCUT2D eigenvalue weighted by Crippen LogP contribution is 2.26. The molecule has 0 spiro atoms. The molecule has 0 radical (unpaired) electrons. The molecule has 0 unspecified atom stereocenters. The van der Waals surface area contributed by atoms with Gasteiger partial charge in [-0.1, -0.05) is 43.7 Å². The van der Waals surface area contributed by atoms with Gasteiger partial charge in [-0.25, -0.2) is 0 Å². The van der Waals surface area contributed by atoms with E-state index in [-0.39, 0.29) is 17.9 Å². The minimum absolute atomic E-state index is 0.115. The van der Waals surface area contributed by atoms with E-state index in [1.54, 1.807) is 22.9 Å². The molecule has 0 aliphatic heterocycles. The van der Waals surface area contributed by atoms with Crippen molar-refractivity contribution in [2.24, 2.45) is 0 Å². The first-order chi connectivity index (χ1) is 16.4. The fraction of sp³-hybridized carbons (Fsp3) is 0.280. The molecule has 174 valence electrons. The summed E-state index contributed by atoms with van der Waals surface area (Å²) in [7, 11) is 1.53. The fourth-order valence-electron chi connectivity index (χ4n) is 3.54. The molecular weight excluding hydrogens is 430 g/mol. The molecule has 0 aliphatic rings. The minimum atomic E-state index is -0.350. The van der Waals surface area contributed by atoms with E-state index >= 15 is 0 Å². The number of carbonyl (C=O) groups excluding carboxylic acids is 1. The van der Waals surface area contributed by atoms with Gasteiger partial charge in [0.2, 0.25) is 5.88 Å². The van der Waals surface area contributed by atoms with E-state index in [1.165, 1.54) is 7.11 Å². The van der Waals surface area contributed by atoms with E-state index in [2.05, 4.69) is 31.0 Å². The summed E-state index contributed by atoms with van der Waals surface area (Å²) in [4.78, 5) is 13.3. The number of nitrogens with zero attached hydrogens (tertiary/aromatic N) is 6. The number of rotatable bonds is 7. The highest BCUT2D eigenvalue weighted by Gasteiger charge is 2.18. The molecule has 9 nitrogen and oxygen atoms in total. The zero-order valence-corrected chi connectivity index (χ0v) is 19.9. The van der Waals surface area contributed by atoms with Gasteiger partial charge in [-0.05, 0) is 59.7 Å². The van der Waals surface area contributed by atoms with Gasteiger partial charge in [0.25, 0.3) is 5.91 Å². The Labute approximate surface area is 198 Å². The maximum atomic E-state index is 13.3. The summed E-state index contributed by atoms with van der Waals surface area (Å²) in [5, 5.41) is 23.3. The monoisotopic (exact) mass is 457 g/mol. The summed E-state index contributed by atoms with van der Waals surface area (Å²) in [6.45, 7) is 7.95. The number of amides is 1. The molecule has 2 aromatic heterocycles. The smallest absolute Gasteiger partial charge is 0.251 e. The highest BCUT2D eigenvalue weighted by molar-refractivity contribution is 5.96. The largest absolute Gasteiger partial charge is 0.480 e. The van der Waals surface area contributed by atoms with Crippen LogP contribution < -0.4 is 10.1 Å². The van der Waals surface area contributed by atoms with Crippen molar-refractivity contribution < 1.29 is 9.53 Å². The fourth-order valence-corrected chi connectivity index (χ4v) is 3.54. The Hall–Kier alpha value is -4.14. The zero-order chi connectivity index (χ0) is 24.2. The van der Waals surface area contributed by atoms with E-state index in [4.69, 9.17) is 4.74 Å². The Morgan fingerprint density at radius 1 is 0.941 bits per heavy atom. The van der Waals surface area contributed by atoms with Crippen LogP contribution in [-0.4, -0.2) is 43.4 Å². The Balaban J connectivity index is 1.71. The molecule has 0 fully saturated rings. The number of aromatic nitrogens is 6. The van der Waals surface area contributed by atoms with Gasteiger partial charge in [0.15, 0.2) is 5.82 Å². The minimum Gasteiger partial charge on any atom is -0.480 e. The van der Waals surface area contributed by atoms with Crippen molar-refractivity contribution in [2.75, 3.05) is 7.11 Å². The molecule has 2 aromatic carbocycles. The Morgan fingerprint density at radius 2 is 1.71 bits per heavy atom. The number of benzene rings is 2. The van der Waals surface area contributed by atoms with Crippen LogP contribution in [0.3, 0.4) is 0 Å². The number of ether oxygens (including phenoxy) is 1. The van der Waals surface area contributed by atoms with Gasteiger partial charge in [0, 0.05) is 17.5 Å². The van der Waals surface area contributed by atoms with Gasteiger partial charge < -0.3 is 10.1 Å². The number of hydrogen-bond donors (Lipinski definition) is 1. The van der Waals surface area contributed by atoms with Crippen LogP contribution in [0.2, 0.25) is 0 Å². The second kappa shape index (κ2) is 9.78. The van der Waals surface area contributed by atoms with Gasteiger partial charge >= 0.3 is 0 Å². The number of methoxy groups -OCH3 is 1. The number of hydrogen-bond acceptors (Lipinski definition) is 7. The van der Waals surface area contributed by atoms with Crippen LogP contribution in [0.15, 0.2) is 54.6 Å². The van der Waals surface area contributed by atoms with E-state index in [1.807, 2.05) is 64.1 Å². The van der Waals surface area contributed by atoms with Crippen LogP contribution in [0, 0.1) is 6.92 Å².